The molecule has 0 heterocycles. The molecule has 0 spiro atoms. The second-order valence-corrected chi connectivity index (χ2v) is 6.31. The van der Waals surface area contributed by atoms with Crippen LogP contribution in [0.4, 0.5) is 11.4 Å². The molecule has 6 heteroatoms. The molecular weight excluding hydrogens is 346 g/mol. The molecule has 0 aromatic heterocycles. The number of fused-ring (bicyclic) bond motifs is 1. The average Bonchev–Trinajstić information content (AvgIpc) is 2.68. The molecule has 3 rings (SSSR count). The van der Waals surface area contributed by atoms with E-state index in [1.807, 2.05) is 12.1 Å². The van der Waals surface area contributed by atoms with Gasteiger partial charge in [-0.05, 0) is 61.9 Å². The number of amides is 1. The highest BCUT2D eigenvalue weighted by molar-refractivity contribution is 6.40. The van der Waals surface area contributed by atoms with Gasteiger partial charge in [0.2, 0.25) is 0 Å². The summed E-state index contributed by atoms with van der Waals surface area (Å²) in [5.41, 5.74) is 2.74. The van der Waals surface area contributed by atoms with Crippen molar-refractivity contribution in [1.29, 1.82) is 0 Å². The summed E-state index contributed by atoms with van der Waals surface area (Å²) >= 11 is 0. The van der Waals surface area contributed by atoms with E-state index in [1.165, 1.54) is 17.0 Å². The van der Waals surface area contributed by atoms with Crippen molar-refractivity contribution in [1.82, 2.24) is 0 Å². The van der Waals surface area contributed by atoms with Crippen LogP contribution in [-0.4, -0.2) is 29.6 Å². The summed E-state index contributed by atoms with van der Waals surface area (Å²) in [7, 11) is 0. The molecule has 1 N–H and O–H groups in total. The number of esters is 1. The molecule has 0 bridgehead atoms. The number of carboxylic acid groups (broad SMARTS) is 1. The van der Waals surface area contributed by atoms with Crippen LogP contribution in [0.25, 0.3) is 0 Å². The van der Waals surface area contributed by atoms with Crippen LogP contribution in [0.1, 0.15) is 41.3 Å². The Kier molecular flexibility index (Phi) is 5.54. The fraction of sp³-hybridized carbons (Fsp3) is 0.286. The van der Waals surface area contributed by atoms with Crippen LogP contribution >= 0.6 is 0 Å². The van der Waals surface area contributed by atoms with E-state index in [9.17, 15) is 19.5 Å². The van der Waals surface area contributed by atoms with Gasteiger partial charge in [0, 0.05) is 0 Å². The van der Waals surface area contributed by atoms with Gasteiger partial charge in [-0.15, -0.1) is 0 Å². The molecule has 6 nitrogen and oxygen atoms in total. The Hall–Kier alpha value is -3.15. The lowest BCUT2D eigenvalue weighted by Crippen LogP contribution is -2.36. The van der Waals surface area contributed by atoms with E-state index in [0.29, 0.717) is 5.69 Å². The van der Waals surface area contributed by atoms with Crippen molar-refractivity contribution in [3.05, 3.63) is 59.2 Å². The van der Waals surface area contributed by atoms with Gasteiger partial charge in [-0.1, -0.05) is 24.3 Å². The number of para-hydroxylation sites is 1. The fourth-order valence-corrected chi connectivity index (χ4v) is 3.45. The summed E-state index contributed by atoms with van der Waals surface area (Å²) in [6, 6.07) is 11.8. The van der Waals surface area contributed by atoms with Gasteiger partial charge in [-0.3, -0.25) is 9.69 Å². The van der Waals surface area contributed by atoms with Gasteiger partial charge >= 0.3 is 17.8 Å². The number of hydrogen-bond acceptors (Lipinski definition) is 4. The number of anilines is 2. The largest absolute Gasteiger partial charge is 0.478 e. The first-order chi connectivity index (χ1) is 13.0. The van der Waals surface area contributed by atoms with E-state index < -0.39 is 17.8 Å². The van der Waals surface area contributed by atoms with Crippen LogP contribution in [0, 0.1) is 0 Å². The molecule has 140 valence electrons. The minimum absolute atomic E-state index is 0.0523. The van der Waals surface area contributed by atoms with E-state index in [4.69, 9.17) is 4.74 Å². The van der Waals surface area contributed by atoms with Gasteiger partial charge in [0.25, 0.3) is 0 Å². The topological polar surface area (TPSA) is 83.9 Å². The number of hydrogen-bond donors (Lipinski definition) is 1. The first-order valence-electron chi connectivity index (χ1n) is 8.99. The van der Waals surface area contributed by atoms with E-state index in [1.54, 1.807) is 25.1 Å². The lowest BCUT2D eigenvalue weighted by molar-refractivity contribution is -0.152. The second-order valence-electron chi connectivity index (χ2n) is 6.31. The maximum Gasteiger partial charge on any atom is 0.397 e. The van der Waals surface area contributed by atoms with Crippen LogP contribution in [-0.2, 0) is 27.2 Å². The molecule has 0 radical (unpaired) electrons. The summed E-state index contributed by atoms with van der Waals surface area (Å²) in [5.74, 6) is -3.08. The monoisotopic (exact) mass is 367 g/mol. The van der Waals surface area contributed by atoms with Crippen molar-refractivity contribution in [3.8, 4) is 0 Å². The summed E-state index contributed by atoms with van der Waals surface area (Å²) in [4.78, 5) is 38.1. The van der Waals surface area contributed by atoms with Crippen LogP contribution in [0.3, 0.4) is 0 Å². The number of carbonyl (C=O) groups is 3. The van der Waals surface area contributed by atoms with Gasteiger partial charge in [-0.25, -0.2) is 9.59 Å². The summed E-state index contributed by atoms with van der Waals surface area (Å²) < 4.78 is 4.89. The van der Waals surface area contributed by atoms with Crippen molar-refractivity contribution < 1.29 is 24.2 Å². The number of aromatic carboxylic acids is 1. The molecule has 0 saturated carbocycles. The zero-order chi connectivity index (χ0) is 19.4. The van der Waals surface area contributed by atoms with Crippen molar-refractivity contribution in [2.45, 2.75) is 32.6 Å². The number of ether oxygens (including phenoxy) is 1. The Labute approximate surface area is 157 Å². The van der Waals surface area contributed by atoms with Gasteiger partial charge in [0.1, 0.15) is 0 Å². The number of aryl methyl sites for hydroxylation is 1. The van der Waals surface area contributed by atoms with Crippen molar-refractivity contribution in [3.63, 3.8) is 0 Å². The molecule has 1 aliphatic carbocycles. The quantitative estimate of drug-likeness (QED) is 0.661. The number of rotatable bonds is 4. The highest BCUT2D eigenvalue weighted by Crippen LogP contribution is 2.36. The van der Waals surface area contributed by atoms with E-state index in [2.05, 4.69) is 0 Å². The molecule has 2 aromatic carbocycles. The minimum atomic E-state index is -1.17. The highest BCUT2D eigenvalue weighted by Gasteiger charge is 2.31. The first-order valence-corrected chi connectivity index (χ1v) is 8.99. The Bertz CT molecular complexity index is 890. The third-order valence-corrected chi connectivity index (χ3v) is 4.64. The van der Waals surface area contributed by atoms with Crippen LogP contribution in [0.2, 0.25) is 0 Å². The van der Waals surface area contributed by atoms with Crippen LogP contribution in [0.5, 0.6) is 0 Å². The Morgan fingerprint density at radius 3 is 2.44 bits per heavy atom. The van der Waals surface area contributed by atoms with E-state index in [0.717, 1.165) is 36.8 Å². The fourth-order valence-electron chi connectivity index (χ4n) is 3.45. The third-order valence-electron chi connectivity index (χ3n) is 4.64. The number of carbonyl (C=O) groups excluding carboxylic acids is 2. The molecule has 0 aliphatic heterocycles. The SMILES string of the molecule is CCOC(=O)C(=O)N(c1ccccc1C(=O)O)c1cccc2c1CCCC2. The van der Waals surface area contributed by atoms with Crippen molar-refractivity contribution in [2.75, 3.05) is 11.5 Å². The minimum Gasteiger partial charge on any atom is -0.478 e. The zero-order valence-corrected chi connectivity index (χ0v) is 15.1. The van der Waals surface area contributed by atoms with Crippen LogP contribution < -0.4 is 4.90 Å². The van der Waals surface area contributed by atoms with Gasteiger partial charge < -0.3 is 9.84 Å². The maximum absolute atomic E-state index is 13.0. The third kappa shape index (κ3) is 3.69. The summed E-state index contributed by atoms with van der Waals surface area (Å²) in [5, 5.41) is 9.57. The normalized spacial score (nSPS) is 12.8. The zero-order valence-electron chi connectivity index (χ0n) is 15.1. The second kappa shape index (κ2) is 8.03. The first kappa shape index (κ1) is 18.6. The molecule has 2 aromatic rings. The lowest BCUT2D eigenvalue weighted by Gasteiger charge is -2.28. The predicted molar refractivity (Wildman–Crippen MR) is 100 cm³/mol. The maximum atomic E-state index is 13.0. The van der Waals surface area contributed by atoms with Gasteiger partial charge in [-0.2, -0.15) is 0 Å². The van der Waals surface area contributed by atoms with Gasteiger partial charge in [0.05, 0.1) is 23.5 Å². The van der Waals surface area contributed by atoms with E-state index in [-0.39, 0.29) is 17.9 Å². The number of carboxylic acids is 1. The van der Waals surface area contributed by atoms with Crippen molar-refractivity contribution in [2.24, 2.45) is 0 Å². The molecule has 0 fully saturated rings. The molecule has 27 heavy (non-hydrogen) atoms. The predicted octanol–water partition coefficient (Wildman–Crippen LogP) is 3.49. The molecule has 0 atom stereocenters. The van der Waals surface area contributed by atoms with Crippen LogP contribution in [0.15, 0.2) is 42.5 Å². The van der Waals surface area contributed by atoms with E-state index >= 15 is 0 Å². The van der Waals surface area contributed by atoms with Crippen molar-refractivity contribution >= 4 is 29.2 Å². The Morgan fingerprint density at radius 2 is 1.70 bits per heavy atom. The lowest BCUT2D eigenvalue weighted by atomic mass is 9.90. The van der Waals surface area contributed by atoms with Gasteiger partial charge in [0.15, 0.2) is 0 Å². The average molecular weight is 367 g/mol. The molecular formula is C21H21NO5. The standard InChI is InChI=1S/C21H21NO5/c1-2-27-21(26)19(23)22(18-12-6-5-11-16(18)20(24)25)17-13-7-9-14-8-3-4-10-15(14)17/h5-7,9,11-13H,2-4,8,10H2,1H3,(H,24,25). The molecule has 0 unspecified atom stereocenters. The molecule has 1 amide bonds. The highest BCUT2D eigenvalue weighted by atomic mass is 16.5. The number of nitrogens with zero attached hydrogens (tertiary/aromatic N) is 1. The molecule has 1 aliphatic rings. The summed E-state index contributed by atoms with van der Waals surface area (Å²) in [6.45, 7) is 1.68. The molecule has 0 saturated heterocycles. The summed E-state index contributed by atoms with van der Waals surface area (Å²) in [6.07, 6.45) is 3.71. The Balaban J connectivity index is 2.20. The smallest absolute Gasteiger partial charge is 0.397 e. The Morgan fingerprint density at radius 1 is 1.00 bits per heavy atom. The number of benzene rings is 2.